The van der Waals surface area contributed by atoms with Gasteiger partial charge >= 0.3 is 12.0 Å². The summed E-state index contributed by atoms with van der Waals surface area (Å²) in [6.45, 7) is 1.99. The lowest BCUT2D eigenvalue weighted by molar-refractivity contribution is -0.139. The lowest BCUT2D eigenvalue weighted by atomic mass is 10.0. The van der Waals surface area contributed by atoms with Crippen molar-refractivity contribution < 1.29 is 14.3 Å². The smallest absolute Gasteiger partial charge is 0.338 e. The minimum atomic E-state index is -0.574. The zero-order chi connectivity index (χ0) is 23.5. The van der Waals surface area contributed by atoms with Gasteiger partial charge in [-0.2, -0.15) is 5.10 Å². The highest BCUT2D eigenvalue weighted by Crippen LogP contribution is 2.33. The van der Waals surface area contributed by atoms with Crippen molar-refractivity contribution in [2.45, 2.75) is 18.0 Å². The fourth-order valence-corrected chi connectivity index (χ4v) is 5.40. The molecule has 34 heavy (non-hydrogen) atoms. The number of para-hydroxylation sites is 1. The highest BCUT2D eigenvalue weighted by atomic mass is 32.2. The summed E-state index contributed by atoms with van der Waals surface area (Å²) in [5.41, 5.74) is 2.45. The molecule has 1 aliphatic heterocycles. The second-order valence-corrected chi connectivity index (χ2v) is 9.20. The minimum absolute atomic E-state index is 0.235. The first-order valence-electron chi connectivity index (χ1n) is 10.5. The van der Waals surface area contributed by atoms with Crippen LogP contribution in [0.4, 0.5) is 4.79 Å². The zero-order valence-corrected chi connectivity index (χ0v) is 19.7. The van der Waals surface area contributed by atoms with Gasteiger partial charge in [0, 0.05) is 16.3 Å². The van der Waals surface area contributed by atoms with E-state index in [0.29, 0.717) is 27.7 Å². The second kappa shape index (κ2) is 9.65. The van der Waals surface area contributed by atoms with Crippen LogP contribution in [0.2, 0.25) is 0 Å². The number of carbonyl (C=O) groups excluding carboxylic acids is 2. The number of thioether (sulfide) groups is 1. The molecule has 0 spiro atoms. The first-order chi connectivity index (χ1) is 16.7. The SMILES string of the molecule is CCOC(=O)C1=C(CSc2ncnc3c2cnn3-c2ccccc2)NC(=O)N[C@H]1c1cccs1. The van der Waals surface area contributed by atoms with Crippen LogP contribution < -0.4 is 10.6 Å². The number of nitrogens with zero attached hydrogens (tertiary/aromatic N) is 4. The zero-order valence-electron chi connectivity index (χ0n) is 18.1. The lowest BCUT2D eigenvalue weighted by Gasteiger charge is -2.28. The van der Waals surface area contributed by atoms with Crippen LogP contribution in [0.5, 0.6) is 0 Å². The molecule has 0 saturated carbocycles. The van der Waals surface area contributed by atoms with Crippen LogP contribution in [0.25, 0.3) is 16.7 Å². The van der Waals surface area contributed by atoms with Crippen molar-refractivity contribution in [2.75, 3.05) is 12.4 Å². The number of carbonyl (C=O) groups is 2. The van der Waals surface area contributed by atoms with Gasteiger partial charge in [0.25, 0.3) is 0 Å². The van der Waals surface area contributed by atoms with Crippen LogP contribution in [-0.2, 0) is 9.53 Å². The number of aromatic nitrogens is 4. The Labute approximate surface area is 203 Å². The summed E-state index contributed by atoms with van der Waals surface area (Å²) < 4.78 is 7.07. The molecule has 0 bridgehead atoms. The monoisotopic (exact) mass is 492 g/mol. The minimum Gasteiger partial charge on any atom is -0.463 e. The highest BCUT2D eigenvalue weighted by Gasteiger charge is 2.34. The van der Waals surface area contributed by atoms with E-state index in [2.05, 4.69) is 25.7 Å². The van der Waals surface area contributed by atoms with Crippen molar-refractivity contribution in [2.24, 2.45) is 0 Å². The maximum absolute atomic E-state index is 12.9. The van der Waals surface area contributed by atoms with Gasteiger partial charge in [-0.1, -0.05) is 36.0 Å². The summed E-state index contributed by atoms with van der Waals surface area (Å²) >= 11 is 2.86. The van der Waals surface area contributed by atoms with E-state index in [1.54, 1.807) is 17.8 Å². The summed E-state index contributed by atoms with van der Waals surface area (Å²) in [5.74, 6) is -0.153. The van der Waals surface area contributed by atoms with E-state index in [0.717, 1.165) is 16.0 Å². The fourth-order valence-electron chi connectivity index (χ4n) is 3.69. The van der Waals surface area contributed by atoms with E-state index >= 15 is 0 Å². The first kappa shape index (κ1) is 22.1. The maximum Gasteiger partial charge on any atom is 0.338 e. The maximum atomic E-state index is 12.9. The molecular weight excluding hydrogens is 472 g/mol. The Morgan fingerprint density at radius 1 is 1.21 bits per heavy atom. The molecule has 172 valence electrons. The number of nitrogens with one attached hydrogen (secondary N) is 2. The molecule has 2 N–H and O–H groups in total. The Kier molecular flexibility index (Phi) is 6.28. The van der Waals surface area contributed by atoms with Crippen molar-refractivity contribution in [3.63, 3.8) is 0 Å². The largest absolute Gasteiger partial charge is 0.463 e. The van der Waals surface area contributed by atoms with Crippen LogP contribution in [0.1, 0.15) is 17.8 Å². The predicted molar refractivity (Wildman–Crippen MR) is 130 cm³/mol. The lowest BCUT2D eigenvalue weighted by Crippen LogP contribution is -2.46. The molecule has 1 aliphatic rings. The number of urea groups is 1. The summed E-state index contributed by atoms with van der Waals surface area (Å²) in [7, 11) is 0. The molecule has 1 atom stereocenters. The van der Waals surface area contributed by atoms with Gasteiger partial charge in [-0.25, -0.2) is 24.2 Å². The van der Waals surface area contributed by atoms with Crippen LogP contribution in [0.3, 0.4) is 0 Å². The Hall–Kier alpha value is -3.70. The van der Waals surface area contributed by atoms with Crippen molar-refractivity contribution in [3.05, 3.63) is 76.5 Å². The number of amides is 2. The van der Waals surface area contributed by atoms with Gasteiger partial charge in [0.2, 0.25) is 0 Å². The predicted octanol–water partition coefficient (Wildman–Crippen LogP) is 3.84. The molecular formula is C23H20N6O3S2. The van der Waals surface area contributed by atoms with Gasteiger partial charge in [-0.3, -0.25) is 0 Å². The summed E-state index contributed by atoms with van der Waals surface area (Å²) in [6.07, 6.45) is 3.21. The normalized spacial score (nSPS) is 15.8. The average Bonchev–Trinajstić information content (AvgIpc) is 3.53. The molecule has 11 heteroatoms. The summed E-state index contributed by atoms with van der Waals surface area (Å²) in [5, 5.41) is 13.5. The summed E-state index contributed by atoms with van der Waals surface area (Å²) in [4.78, 5) is 35.0. The molecule has 0 radical (unpaired) electrons. The van der Waals surface area contributed by atoms with Crippen LogP contribution in [0, 0.1) is 0 Å². The van der Waals surface area contributed by atoms with Crippen LogP contribution in [0.15, 0.2) is 76.7 Å². The molecule has 4 heterocycles. The molecule has 0 aliphatic carbocycles. The average molecular weight is 493 g/mol. The highest BCUT2D eigenvalue weighted by molar-refractivity contribution is 7.99. The Bertz CT molecular complexity index is 1370. The van der Waals surface area contributed by atoms with Crippen LogP contribution >= 0.6 is 23.1 Å². The number of hydrogen-bond acceptors (Lipinski definition) is 8. The fraction of sp³-hybridized carbons (Fsp3) is 0.174. The van der Waals surface area contributed by atoms with Gasteiger partial charge in [-0.15, -0.1) is 11.3 Å². The van der Waals surface area contributed by atoms with Crippen molar-refractivity contribution in [1.82, 2.24) is 30.4 Å². The molecule has 0 unspecified atom stereocenters. The Balaban J connectivity index is 1.49. The number of benzene rings is 1. The van der Waals surface area contributed by atoms with E-state index in [9.17, 15) is 9.59 Å². The van der Waals surface area contributed by atoms with E-state index in [1.807, 2.05) is 47.8 Å². The molecule has 5 rings (SSSR count). The van der Waals surface area contributed by atoms with Gasteiger partial charge in [0.05, 0.1) is 35.5 Å². The van der Waals surface area contributed by atoms with E-state index in [-0.39, 0.29) is 12.6 Å². The van der Waals surface area contributed by atoms with Crippen molar-refractivity contribution in [1.29, 1.82) is 0 Å². The van der Waals surface area contributed by atoms with Gasteiger partial charge < -0.3 is 15.4 Å². The number of rotatable bonds is 7. The molecule has 4 aromatic rings. The van der Waals surface area contributed by atoms with E-state index in [1.165, 1.54) is 29.4 Å². The third-order valence-electron chi connectivity index (χ3n) is 5.16. The quantitative estimate of drug-likeness (QED) is 0.229. The molecule has 1 aromatic carbocycles. The van der Waals surface area contributed by atoms with Gasteiger partial charge in [0.1, 0.15) is 11.4 Å². The third-order valence-corrected chi connectivity index (χ3v) is 7.13. The first-order valence-corrected chi connectivity index (χ1v) is 12.4. The Morgan fingerprint density at radius 2 is 2.06 bits per heavy atom. The molecule has 3 aromatic heterocycles. The number of fused-ring (bicyclic) bond motifs is 1. The second-order valence-electron chi connectivity index (χ2n) is 7.26. The van der Waals surface area contributed by atoms with Gasteiger partial charge in [0.15, 0.2) is 5.65 Å². The summed E-state index contributed by atoms with van der Waals surface area (Å²) in [6, 6.07) is 12.5. The molecule has 2 amide bonds. The van der Waals surface area contributed by atoms with Crippen molar-refractivity contribution in [3.8, 4) is 5.69 Å². The molecule has 0 saturated heterocycles. The van der Waals surface area contributed by atoms with E-state index < -0.39 is 12.0 Å². The number of ether oxygens (including phenoxy) is 1. The number of esters is 1. The van der Waals surface area contributed by atoms with Crippen molar-refractivity contribution >= 4 is 46.1 Å². The molecule has 0 fully saturated rings. The number of thiophene rings is 1. The standard InChI is InChI=1S/C23H20N6O3S2/c1-2-32-22(30)18-16(27-23(31)28-19(18)17-9-6-10-33-17)12-34-21-15-11-26-29(20(15)24-13-25-21)14-7-4-3-5-8-14/h3-11,13,19H,2,12H2,1H3,(H2,27,28,31)/t19-/m0/s1. The van der Waals surface area contributed by atoms with E-state index in [4.69, 9.17) is 4.74 Å². The topological polar surface area (TPSA) is 111 Å². The Morgan fingerprint density at radius 3 is 2.82 bits per heavy atom. The number of hydrogen-bond donors (Lipinski definition) is 2. The third kappa shape index (κ3) is 4.27. The molecule has 9 nitrogen and oxygen atoms in total. The van der Waals surface area contributed by atoms with Crippen LogP contribution in [-0.4, -0.2) is 44.1 Å². The van der Waals surface area contributed by atoms with Gasteiger partial charge in [-0.05, 0) is 30.5 Å².